The number of amides is 4. The fourth-order valence-corrected chi connectivity index (χ4v) is 6.22. The lowest BCUT2D eigenvalue weighted by molar-refractivity contribution is -0.121. The molecule has 1 saturated heterocycles. The molecule has 2 N–H and O–H groups in total. The molecule has 0 aliphatic carbocycles. The number of halogens is 2. The van der Waals surface area contributed by atoms with Crippen molar-refractivity contribution in [2.75, 3.05) is 10.2 Å². The third kappa shape index (κ3) is 8.42. The van der Waals surface area contributed by atoms with E-state index in [1.54, 1.807) is 109 Å². The van der Waals surface area contributed by atoms with Gasteiger partial charge in [0.1, 0.15) is 23.0 Å². The fraction of sp³-hybridized carbons (Fsp3) is 0.0526. The number of nitrogens with zero attached hydrogens (tertiary/aromatic N) is 1. The third-order valence-electron chi connectivity index (χ3n) is 7.31. The van der Waals surface area contributed by atoms with E-state index < -0.39 is 22.9 Å². The van der Waals surface area contributed by atoms with Gasteiger partial charge in [0.15, 0.2) is 0 Å². The van der Waals surface area contributed by atoms with Gasteiger partial charge >= 0.3 is 0 Å². The number of thioether (sulfide) groups is 1. The standard InChI is InChI=1S/C38H27ClFN3O5S/c39-26-12-16-30(17-13-26)48-31-18-14-29(15-19-31)43-35(44)23-34(38(43)47)49-32-11-5-10-28(22-32)41-37(46)33(21-24-6-4-9-27(40)20-24)42-36(45)25-7-2-1-3-8-25/h1-22,34H,23H2,(H,41,46)(H,42,45). The molecule has 6 rings (SSSR count). The molecule has 0 aromatic heterocycles. The molecule has 0 spiro atoms. The summed E-state index contributed by atoms with van der Waals surface area (Å²) in [5.74, 6) is -1.22. The minimum absolute atomic E-state index is 0.00481. The summed E-state index contributed by atoms with van der Waals surface area (Å²) in [7, 11) is 0. The summed E-state index contributed by atoms with van der Waals surface area (Å²) in [5, 5.41) is 5.30. The van der Waals surface area contributed by atoms with Crippen molar-refractivity contribution in [3.05, 3.63) is 155 Å². The SMILES string of the molecule is O=C(Nc1cccc(SC2CC(=O)N(c3ccc(Oc4ccc(Cl)cc4)cc3)C2=O)c1)C(=Cc1cccc(F)c1)NC(=O)c1ccccc1. The van der Waals surface area contributed by atoms with Gasteiger partial charge in [0.2, 0.25) is 11.8 Å². The largest absolute Gasteiger partial charge is 0.457 e. The van der Waals surface area contributed by atoms with Crippen LogP contribution in [0.1, 0.15) is 22.3 Å². The van der Waals surface area contributed by atoms with Crippen LogP contribution in [0, 0.1) is 5.82 Å². The molecule has 5 aromatic carbocycles. The van der Waals surface area contributed by atoms with E-state index in [-0.39, 0.29) is 23.9 Å². The van der Waals surface area contributed by atoms with E-state index in [0.29, 0.717) is 43.9 Å². The van der Waals surface area contributed by atoms with Crippen LogP contribution in [0.25, 0.3) is 6.08 Å². The number of nitrogens with one attached hydrogen (secondary N) is 2. The van der Waals surface area contributed by atoms with E-state index in [9.17, 15) is 23.6 Å². The number of benzene rings is 5. The van der Waals surface area contributed by atoms with Crippen LogP contribution in [-0.2, 0) is 14.4 Å². The van der Waals surface area contributed by atoms with Crippen molar-refractivity contribution in [1.82, 2.24) is 5.32 Å². The Balaban J connectivity index is 1.13. The highest BCUT2D eigenvalue weighted by Gasteiger charge is 2.40. The molecule has 1 unspecified atom stereocenters. The second-order valence-electron chi connectivity index (χ2n) is 10.8. The normalized spacial score (nSPS) is 14.4. The lowest BCUT2D eigenvalue weighted by Gasteiger charge is -2.16. The molecule has 1 aliphatic rings. The van der Waals surface area contributed by atoms with Crippen molar-refractivity contribution in [3.8, 4) is 11.5 Å². The van der Waals surface area contributed by atoms with E-state index in [4.69, 9.17) is 16.3 Å². The lowest BCUT2D eigenvalue weighted by atomic mass is 10.1. The predicted molar refractivity (Wildman–Crippen MR) is 188 cm³/mol. The van der Waals surface area contributed by atoms with Gasteiger partial charge in [-0.25, -0.2) is 9.29 Å². The van der Waals surface area contributed by atoms with Crippen LogP contribution in [0.4, 0.5) is 15.8 Å². The zero-order valence-electron chi connectivity index (χ0n) is 25.6. The maximum Gasteiger partial charge on any atom is 0.272 e. The maximum absolute atomic E-state index is 13.9. The van der Waals surface area contributed by atoms with Crippen molar-refractivity contribution in [2.45, 2.75) is 16.6 Å². The first-order valence-electron chi connectivity index (χ1n) is 15.0. The van der Waals surface area contributed by atoms with Gasteiger partial charge < -0.3 is 15.4 Å². The molecule has 5 aromatic rings. The summed E-state index contributed by atoms with van der Waals surface area (Å²) in [6, 6.07) is 34.3. The van der Waals surface area contributed by atoms with Crippen molar-refractivity contribution < 1.29 is 28.3 Å². The number of ether oxygens (including phenoxy) is 1. The summed E-state index contributed by atoms with van der Waals surface area (Å²) in [6.07, 6.45) is 1.38. The quantitative estimate of drug-likeness (QED) is 0.113. The van der Waals surface area contributed by atoms with Crippen LogP contribution >= 0.6 is 23.4 Å². The summed E-state index contributed by atoms with van der Waals surface area (Å²) < 4.78 is 19.7. The molecule has 11 heteroatoms. The monoisotopic (exact) mass is 691 g/mol. The first kappa shape index (κ1) is 33.2. The Labute approximate surface area is 290 Å². The van der Waals surface area contributed by atoms with E-state index in [0.717, 1.165) is 4.90 Å². The van der Waals surface area contributed by atoms with Gasteiger partial charge in [-0.2, -0.15) is 0 Å². The van der Waals surface area contributed by atoms with Gasteiger partial charge in [-0.05, 0) is 103 Å². The van der Waals surface area contributed by atoms with Crippen molar-refractivity contribution >= 4 is 64.4 Å². The second kappa shape index (κ2) is 15.0. The Kier molecular flexibility index (Phi) is 10.2. The molecule has 1 atom stereocenters. The molecule has 1 aliphatic heterocycles. The van der Waals surface area contributed by atoms with Gasteiger partial charge in [0.25, 0.3) is 11.8 Å². The topological polar surface area (TPSA) is 105 Å². The summed E-state index contributed by atoms with van der Waals surface area (Å²) in [4.78, 5) is 54.5. The Hall–Kier alpha value is -5.71. The number of hydrogen-bond acceptors (Lipinski definition) is 6. The molecule has 4 amide bonds. The Morgan fingerprint density at radius 2 is 1.53 bits per heavy atom. The highest BCUT2D eigenvalue weighted by molar-refractivity contribution is 8.00. The van der Waals surface area contributed by atoms with Gasteiger partial charge in [0.05, 0.1) is 10.9 Å². The minimum atomic E-state index is -0.683. The van der Waals surface area contributed by atoms with Gasteiger partial charge in [-0.15, -0.1) is 11.8 Å². The van der Waals surface area contributed by atoms with E-state index >= 15 is 0 Å². The molecule has 1 fully saturated rings. The molecule has 1 heterocycles. The zero-order chi connectivity index (χ0) is 34.3. The maximum atomic E-state index is 13.9. The van der Waals surface area contributed by atoms with E-state index in [2.05, 4.69) is 10.6 Å². The molecular weight excluding hydrogens is 665 g/mol. The van der Waals surface area contributed by atoms with Crippen LogP contribution < -0.4 is 20.3 Å². The molecule has 244 valence electrons. The molecule has 8 nitrogen and oxygen atoms in total. The average Bonchev–Trinajstić information content (AvgIpc) is 3.37. The number of imide groups is 1. The summed E-state index contributed by atoms with van der Waals surface area (Å²) in [5.41, 5.74) is 1.43. The lowest BCUT2D eigenvalue weighted by Crippen LogP contribution is -2.31. The number of rotatable bonds is 10. The first-order valence-corrected chi connectivity index (χ1v) is 16.3. The summed E-state index contributed by atoms with van der Waals surface area (Å²) in [6.45, 7) is 0. The Bertz CT molecular complexity index is 2060. The third-order valence-corrected chi connectivity index (χ3v) is 8.74. The van der Waals surface area contributed by atoms with Gasteiger partial charge in [-0.3, -0.25) is 19.2 Å². The van der Waals surface area contributed by atoms with Crippen LogP contribution in [0.2, 0.25) is 5.02 Å². The highest BCUT2D eigenvalue weighted by Crippen LogP contribution is 2.36. The molecular formula is C38H27ClFN3O5S. The van der Waals surface area contributed by atoms with Crippen molar-refractivity contribution in [2.24, 2.45) is 0 Å². The highest BCUT2D eigenvalue weighted by atomic mass is 35.5. The van der Waals surface area contributed by atoms with Gasteiger partial charge in [0, 0.05) is 27.6 Å². The molecule has 0 saturated carbocycles. The second-order valence-corrected chi connectivity index (χ2v) is 12.6. The number of carbonyl (C=O) groups is 4. The first-order chi connectivity index (χ1) is 23.7. The van der Waals surface area contributed by atoms with Crippen LogP contribution in [0.5, 0.6) is 11.5 Å². The smallest absolute Gasteiger partial charge is 0.272 e. The molecule has 49 heavy (non-hydrogen) atoms. The average molecular weight is 692 g/mol. The van der Waals surface area contributed by atoms with Crippen LogP contribution in [-0.4, -0.2) is 28.9 Å². The Morgan fingerprint density at radius 3 is 2.24 bits per heavy atom. The summed E-state index contributed by atoms with van der Waals surface area (Å²) >= 11 is 7.14. The molecule has 0 radical (unpaired) electrons. The number of carbonyl (C=O) groups excluding carboxylic acids is 4. The number of hydrogen-bond donors (Lipinski definition) is 2. The van der Waals surface area contributed by atoms with Crippen LogP contribution in [0.15, 0.2) is 138 Å². The van der Waals surface area contributed by atoms with Crippen LogP contribution in [0.3, 0.4) is 0 Å². The van der Waals surface area contributed by atoms with Crippen molar-refractivity contribution in [3.63, 3.8) is 0 Å². The van der Waals surface area contributed by atoms with E-state index in [1.165, 1.54) is 36.0 Å². The zero-order valence-corrected chi connectivity index (χ0v) is 27.2. The Morgan fingerprint density at radius 1 is 0.837 bits per heavy atom. The minimum Gasteiger partial charge on any atom is -0.457 e. The van der Waals surface area contributed by atoms with Crippen molar-refractivity contribution in [1.29, 1.82) is 0 Å². The molecule has 0 bridgehead atoms. The fourth-order valence-electron chi connectivity index (χ4n) is 4.98. The number of anilines is 2. The van der Waals surface area contributed by atoms with Gasteiger partial charge in [-0.1, -0.05) is 48.0 Å². The van der Waals surface area contributed by atoms with E-state index in [1.807, 2.05) is 0 Å². The predicted octanol–water partition coefficient (Wildman–Crippen LogP) is 8.11.